The minimum atomic E-state index is -0.109. The molecule has 2 aromatic rings. The third-order valence-corrected chi connectivity index (χ3v) is 4.08. The summed E-state index contributed by atoms with van der Waals surface area (Å²) in [6.07, 6.45) is 0. The fourth-order valence-corrected chi connectivity index (χ4v) is 2.77. The van der Waals surface area contributed by atoms with Gasteiger partial charge in [0.1, 0.15) is 11.3 Å². The van der Waals surface area contributed by atoms with Gasteiger partial charge in [0.05, 0.1) is 12.0 Å². The van der Waals surface area contributed by atoms with Crippen LogP contribution in [0.15, 0.2) is 34.7 Å². The molecule has 0 bridgehead atoms. The van der Waals surface area contributed by atoms with E-state index in [0.29, 0.717) is 5.92 Å². The van der Waals surface area contributed by atoms with Gasteiger partial charge < -0.3 is 15.1 Å². The smallest absolute Gasteiger partial charge is 0.225 e. The molecule has 1 aromatic heterocycles. The minimum absolute atomic E-state index is 0.0572. The molecule has 1 aliphatic heterocycles. The molecule has 0 aliphatic carbocycles. The van der Waals surface area contributed by atoms with Crippen molar-refractivity contribution in [3.63, 3.8) is 0 Å². The second kappa shape index (κ2) is 5.29. The van der Waals surface area contributed by atoms with Crippen molar-refractivity contribution in [3.05, 3.63) is 36.1 Å². The van der Waals surface area contributed by atoms with E-state index in [9.17, 15) is 4.79 Å². The van der Waals surface area contributed by atoms with Crippen LogP contribution in [-0.4, -0.2) is 19.0 Å². The van der Waals surface area contributed by atoms with E-state index in [-0.39, 0.29) is 17.9 Å². The zero-order chi connectivity index (χ0) is 14.1. The van der Waals surface area contributed by atoms with E-state index in [1.807, 2.05) is 37.3 Å². The van der Waals surface area contributed by atoms with E-state index in [1.54, 1.807) is 0 Å². The largest absolute Gasteiger partial charge is 0.459 e. The maximum Gasteiger partial charge on any atom is 0.225 e. The number of amides is 1. The minimum Gasteiger partial charge on any atom is -0.459 e. The first kappa shape index (κ1) is 13.2. The molecule has 1 saturated heterocycles. The van der Waals surface area contributed by atoms with Gasteiger partial charge in [0.15, 0.2) is 0 Å². The average Bonchev–Trinajstić information content (AvgIpc) is 3.04. The number of hydrogen-bond acceptors (Lipinski definition) is 3. The van der Waals surface area contributed by atoms with Crippen LogP contribution < -0.4 is 10.6 Å². The van der Waals surface area contributed by atoms with Gasteiger partial charge >= 0.3 is 0 Å². The van der Waals surface area contributed by atoms with Crippen molar-refractivity contribution in [2.24, 2.45) is 11.8 Å². The molecule has 3 rings (SSSR count). The van der Waals surface area contributed by atoms with E-state index in [1.165, 1.54) is 0 Å². The number of carbonyl (C=O) groups is 1. The Morgan fingerprint density at radius 2 is 2.20 bits per heavy atom. The second-order valence-corrected chi connectivity index (χ2v) is 5.66. The number of nitrogens with one attached hydrogen (secondary N) is 2. The molecule has 2 N–H and O–H groups in total. The summed E-state index contributed by atoms with van der Waals surface area (Å²) in [5.41, 5.74) is 0.861. The summed E-state index contributed by atoms with van der Waals surface area (Å²) in [5.74, 6) is 1.35. The highest BCUT2D eigenvalue weighted by atomic mass is 16.3. The Morgan fingerprint density at radius 1 is 1.40 bits per heavy atom. The fourth-order valence-electron chi connectivity index (χ4n) is 2.77. The Hall–Kier alpha value is -1.81. The number of para-hydroxylation sites is 1. The number of hydrogen-bond donors (Lipinski definition) is 2. The predicted octanol–water partition coefficient (Wildman–Crippen LogP) is 2.47. The first-order valence-electron chi connectivity index (χ1n) is 7.14. The van der Waals surface area contributed by atoms with E-state index >= 15 is 0 Å². The molecular formula is C16H20N2O2. The van der Waals surface area contributed by atoms with Crippen LogP contribution >= 0.6 is 0 Å². The topological polar surface area (TPSA) is 54.3 Å². The molecule has 4 nitrogen and oxygen atoms in total. The lowest BCUT2D eigenvalue weighted by Gasteiger charge is -2.17. The average molecular weight is 272 g/mol. The molecule has 2 heterocycles. The number of rotatable bonds is 3. The SMILES string of the molecule is CC(NC(=O)[C@@H]1CNC[C@H]1C)c1cc2ccccc2o1. The quantitative estimate of drug-likeness (QED) is 0.902. The fraction of sp³-hybridized carbons (Fsp3) is 0.438. The van der Waals surface area contributed by atoms with Gasteiger partial charge in [0.25, 0.3) is 0 Å². The number of furan rings is 1. The van der Waals surface area contributed by atoms with Crippen molar-refractivity contribution in [1.29, 1.82) is 0 Å². The number of fused-ring (bicyclic) bond motifs is 1. The van der Waals surface area contributed by atoms with E-state index in [4.69, 9.17) is 4.42 Å². The molecule has 1 aromatic carbocycles. The standard InChI is InChI=1S/C16H20N2O2/c1-10-8-17-9-13(10)16(19)18-11(2)15-7-12-5-3-4-6-14(12)20-15/h3-7,10-11,13,17H,8-9H2,1-2H3,(H,18,19)/t10-,11?,13-/m1/s1. The normalized spacial score (nSPS) is 23.9. The summed E-state index contributed by atoms with van der Waals surface area (Å²) >= 11 is 0. The molecule has 0 radical (unpaired) electrons. The van der Waals surface area contributed by atoms with E-state index in [2.05, 4.69) is 17.6 Å². The van der Waals surface area contributed by atoms with Crippen molar-refractivity contribution in [2.75, 3.05) is 13.1 Å². The van der Waals surface area contributed by atoms with Crippen LogP contribution in [0.1, 0.15) is 25.6 Å². The van der Waals surface area contributed by atoms with Crippen LogP contribution in [0.5, 0.6) is 0 Å². The number of carbonyl (C=O) groups excluding carboxylic acids is 1. The molecule has 0 spiro atoms. The molecule has 4 heteroatoms. The molecule has 1 aliphatic rings. The van der Waals surface area contributed by atoms with Gasteiger partial charge in [-0.2, -0.15) is 0 Å². The maximum absolute atomic E-state index is 12.3. The van der Waals surface area contributed by atoms with Crippen LogP contribution in [-0.2, 0) is 4.79 Å². The summed E-state index contributed by atoms with van der Waals surface area (Å²) in [6, 6.07) is 9.77. The summed E-state index contributed by atoms with van der Waals surface area (Å²) in [7, 11) is 0. The van der Waals surface area contributed by atoms with Crippen molar-refractivity contribution in [1.82, 2.24) is 10.6 Å². The van der Waals surface area contributed by atoms with E-state index in [0.717, 1.165) is 29.8 Å². The van der Waals surface area contributed by atoms with Crippen molar-refractivity contribution in [2.45, 2.75) is 19.9 Å². The number of benzene rings is 1. The molecule has 0 saturated carbocycles. The Bertz CT molecular complexity index is 587. The summed E-state index contributed by atoms with van der Waals surface area (Å²) < 4.78 is 5.79. The van der Waals surface area contributed by atoms with Crippen LogP contribution in [0, 0.1) is 11.8 Å². The molecule has 1 unspecified atom stereocenters. The summed E-state index contributed by atoms with van der Waals surface area (Å²) in [5, 5.41) is 7.38. The lowest BCUT2D eigenvalue weighted by molar-refractivity contribution is -0.126. The van der Waals surface area contributed by atoms with Crippen molar-refractivity contribution in [3.8, 4) is 0 Å². The van der Waals surface area contributed by atoms with Crippen molar-refractivity contribution >= 4 is 16.9 Å². The molecule has 20 heavy (non-hydrogen) atoms. The molecular weight excluding hydrogens is 252 g/mol. The molecule has 106 valence electrons. The van der Waals surface area contributed by atoms with Gasteiger partial charge in [-0.3, -0.25) is 4.79 Å². The van der Waals surface area contributed by atoms with Gasteiger partial charge in [-0.15, -0.1) is 0 Å². The van der Waals surface area contributed by atoms with E-state index < -0.39 is 0 Å². The van der Waals surface area contributed by atoms with Gasteiger partial charge in [0, 0.05) is 11.9 Å². The Labute approximate surface area is 118 Å². The lowest BCUT2D eigenvalue weighted by Crippen LogP contribution is -2.35. The zero-order valence-corrected chi connectivity index (χ0v) is 11.8. The zero-order valence-electron chi connectivity index (χ0n) is 11.8. The maximum atomic E-state index is 12.3. The van der Waals surface area contributed by atoms with Gasteiger partial charge in [0.2, 0.25) is 5.91 Å². The summed E-state index contributed by atoms with van der Waals surface area (Å²) in [6.45, 7) is 5.75. The highest BCUT2D eigenvalue weighted by Crippen LogP contribution is 2.24. The Balaban J connectivity index is 1.72. The third-order valence-electron chi connectivity index (χ3n) is 4.08. The third kappa shape index (κ3) is 2.43. The van der Waals surface area contributed by atoms with Crippen molar-refractivity contribution < 1.29 is 9.21 Å². The highest BCUT2D eigenvalue weighted by molar-refractivity contribution is 5.81. The first-order valence-corrected chi connectivity index (χ1v) is 7.14. The summed E-state index contributed by atoms with van der Waals surface area (Å²) in [4.78, 5) is 12.3. The van der Waals surface area contributed by atoms with Gasteiger partial charge in [-0.1, -0.05) is 25.1 Å². The monoisotopic (exact) mass is 272 g/mol. The van der Waals surface area contributed by atoms with Gasteiger partial charge in [-0.05, 0) is 31.5 Å². The molecule has 1 amide bonds. The lowest BCUT2D eigenvalue weighted by atomic mass is 9.97. The Morgan fingerprint density at radius 3 is 2.90 bits per heavy atom. The van der Waals surface area contributed by atoms with Crippen LogP contribution in [0.3, 0.4) is 0 Å². The highest BCUT2D eigenvalue weighted by Gasteiger charge is 2.30. The Kier molecular flexibility index (Phi) is 3.49. The van der Waals surface area contributed by atoms with Crippen LogP contribution in [0.2, 0.25) is 0 Å². The molecule has 3 atom stereocenters. The van der Waals surface area contributed by atoms with Gasteiger partial charge in [-0.25, -0.2) is 0 Å². The first-order chi connectivity index (χ1) is 9.65. The van der Waals surface area contributed by atoms with Crippen LogP contribution in [0.4, 0.5) is 0 Å². The predicted molar refractivity (Wildman–Crippen MR) is 78.3 cm³/mol. The second-order valence-electron chi connectivity index (χ2n) is 5.66. The van der Waals surface area contributed by atoms with Crippen LogP contribution in [0.25, 0.3) is 11.0 Å². The molecule has 1 fully saturated rings.